The van der Waals surface area contributed by atoms with Gasteiger partial charge in [-0.3, -0.25) is 9.48 Å². The fourth-order valence-corrected chi connectivity index (χ4v) is 3.29. The highest BCUT2D eigenvalue weighted by Gasteiger charge is 2.28. The molecule has 0 bridgehead atoms. The third kappa shape index (κ3) is 2.80. The van der Waals surface area contributed by atoms with Crippen molar-refractivity contribution in [2.45, 2.75) is 39.5 Å². The molecule has 1 aromatic carbocycles. The Morgan fingerprint density at radius 1 is 1.20 bits per heavy atom. The number of hydrogen-bond acceptors (Lipinski definition) is 3. The van der Waals surface area contributed by atoms with E-state index in [4.69, 9.17) is 4.98 Å². The second-order valence-corrected chi connectivity index (χ2v) is 7.05. The van der Waals surface area contributed by atoms with Crippen molar-refractivity contribution in [2.24, 2.45) is 7.05 Å². The van der Waals surface area contributed by atoms with E-state index >= 15 is 0 Å². The zero-order valence-electron chi connectivity index (χ0n) is 15.1. The van der Waals surface area contributed by atoms with Crippen LogP contribution in [-0.2, 0) is 7.05 Å². The average Bonchev–Trinajstić information content (AvgIpc) is 3.37. The molecule has 1 fully saturated rings. The van der Waals surface area contributed by atoms with Crippen molar-refractivity contribution < 1.29 is 4.79 Å². The zero-order valence-corrected chi connectivity index (χ0v) is 15.1. The van der Waals surface area contributed by atoms with Crippen LogP contribution in [0.4, 0.5) is 5.69 Å². The fraction of sp³-hybridized carbons (Fsp3) is 0.350. The number of rotatable bonds is 3. The summed E-state index contributed by atoms with van der Waals surface area (Å²) in [5.41, 5.74) is 6.31. The van der Waals surface area contributed by atoms with Crippen LogP contribution in [0.3, 0.4) is 0 Å². The molecular weight excluding hydrogens is 312 g/mol. The van der Waals surface area contributed by atoms with Gasteiger partial charge in [0.05, 0.1) is 16.6 Å². The number of anilines is 1. The molecule has 0 aliphatic heterocycles. The standard InChI is InChI=1S/C20H22N4O/c1-11-5-6-12(2)16(9-11)22-20(25)15-10-17(14-7-8-14)21-19-18(15)13(3)23-24(19)4/h5-6,9-10,14H,7-8H2,1-4H3,(H,22,25). The van der Waals surface area contributed by atoms with Crippen LogP contribution in [0.5, 0.6) is 0 Å². The van der Waals surface area contributed by atoms with Crippen molar-refractivity contribution in [1.82, 2.24) is 14.8 Å². The lowest BCUT2D eigenvalue weighted by Gasteiger charge is -2.11. The molecular formula is C20H22N4O. The highest BCUT2D eigenvalue weighted by molar-refractivity contribution is 6.13. The van der Waals surface area contributed by atoms with E-state index in [1.54, 1.807) is 4.68 Å². The molecule has 0 spiro atoms. The summed E-state index contributed by atoms with van der Waals surface area (Å²) in [7, 11) is 1.88. The highest BCUT2D eigenvalue weighted by atomic mass is 16.1. The third-order valence-corrected chi connectivity index (χ3v) is 4.87. The SMILES string of the molecule is Cc1ccc(C)c(NC(=O)c2cc(C3CC3)nc3c2c(C)nn3C)c1. The van der Waals surface area contributed by atoms with Crippen LogP contribution >= 0.6 is 0 Å². The van der Waals surface area contributed by atoms with Crippen LogP contribution in [0, 0.1) is 20.8 Å². The Morgan fingerprint density at radius 3 is 2.68 bits per heavy atom. The van der Waals surface area contributed by atoms with E-state index in [0.29, 0.717) is 11.5 Å². The average molecular weight is 334 g/mol. The Balaban J connectivity index is 1.81. The second-order valence-electron chi connectivity index (χ2n) is 7.05. The summed E-state index contributed by atoms with van der Waals surface area (Å²) in [5, 5.41) is 8.39. The minimum Gasteiger partial charge on any atom is -0.322 e. The number of amides is 1. The van der Waals surface area contributed by atoms with Crippen molar-refractivity contribution in [1.29, 1.82) is 0 Å². The van der Waals surface area contributed by atoms with Crippen LogP contribution in [-0.4, -0.2) is 20.7 Å². The van der Waals surface area contributed by atoms with E-state index in [2.05, 4.69) is 10.4 Å². The number of hydrogen-bond donors (Lipinski definition) is 1. The molecule has 1 saturated carbocycles. The van der Waals surface area contributed by atoms with E-state index < -0.39 is 0 Å². The fourth-order valence-electron chi connectivity index (χ4n) is 3.29. The van der Waals surface area contributed by atoms with Crippen LogP contribution in [0.15, 0.2) is 24.3 Å². The molecule has 128 valence electrons. The molecule has 0 atom stereocenters. The first-order valence-electron chi connectivity index (χ1n) is 8.67. The summed E-state index contributed by atoms with van der Waals surface area (Å²) >= 11 is 0. The monoisotopic (exact) mass is 334 g/mol. The van der Waals surface area contributed by atoms with Gasteiger partial charge in [-0.25, -0.2) is 4.98 Å². The maximum absolute atomic E-state index is 13.1. The first-order valence-corrected chi connectivity index (χ1v) is 8.67. The number of pyridine rings is 1. The summed E-state index contributed by atoms with van der Waals surface area (Å²) in [5.74, 6) is 0.381. The normalized spacial score (nSPS) is 14.1. The van der Waals surface area contributed by atoms with E-state index in [-0.39, 0.29) is 5.91 Å². The molecule has 1 aliphatic carbocycles. The minimum atomic E-state index is -0.0981. The summed E-state index contributed by atoms with van der Waals surface area (Å²) in [6.07, 6.45) is 2.29. The van der Waals surface area contributed by atoms with Gasteiger partial charge in [0.1, 0.15) is 0 Å². The van der Waals surface area contributed by atoms with Gasteiger partial charge in [-0.2, -0.15) is 5.10 Å². The van der Waals surface area contributed by atoms with Gasteiger partial charge in [0.2, 0.25) is 0 Å². The lowest BCUT2D eigenvalue weighted by atomic mass is 10.1. The maximum Gasteiger partial charge on any atom is 0.256 e. The number of benzene rings is 1. The first kappa shape index (κ1) is 15.8. The largest absolute Gasteiger partial charge is 0.322 e. The molecule has 2 heterocycles. The third-order valence-electron chi connectivity index (χ3n) is 4.87. The topological polar surface area (TPSA) is 59.8 Å². The Morgan fingerprint density at radius 2 is 1.96 bits per heavy atom. The number of aromatic nitrogens is 3. The molecule has 25 heavy (non-hydrogen) atoms. The summed E-state index contributed by atoms with van der Waals surface area (Å²) in [6.45, 7) is 5.95. The van der Waals surface area contributed by atoms with Gasteiger partial charge in [-0.1, -0.05) is 12.1 Å². The molecule has 3 aromatic rings. The molecule has 5 nitrogen and oxygen atoms in total. The summed E-state index contributed by atoms with van der Waals surface area (Å²) in [4.78, 5) is 17.8. The second kappa shape index (κ2) is 5.69. The summed E-state index contributed by atoms with van der Waals surface area (Å²) < 4.78 is 1.77. The van der Waals surface area contributed by atoms with E-state index in [1.807, 2.05) is 52.1 Å². The zero-order chi connectivity index (χ0) is 17.7. The number of carbonyl (C=O) groups is 1. The van der Waals surface area contributed by atoms with Gasteiger partial charge in [0.15, 0.2) is 5.65 Å². The Hall–Kier alpha value is -2.69. The predicted octanol–water partition coefficient (Wildman–Crippen LogP) is 4.02. The smallest absolute Gasteiger partial charge is 0.256 e. The van der Waals surface area contributed by atoms with Gasteiger partial charge in [-0.05, 0) is 56.9 Å². The quantitative estimate of drug-likeness (QED) is 0.787. The molecule has 2 aromatic heterocycles. The van der Waals surface area contributed by atoms with Gasteiger partial charge >= 0.3 is 0 Å². The van der Waals surface area contributed by atoms with Crippen molar-refractivity contribution in [2.75, 3.05) is 5.32 Å². The number of aryl methyl sites for hydroxylation is 4. The van der Waals surface area contributed by atoms with Crippen LogP contribution < -0.4 is 5.32 Å². The van der Waals surface area contributed by atoms with E-state index in [1.165, 1.54) is 0 Å². The van der Waals surface area contributed by atoms with Crippen molar-refractivity contribution >= 4 is 22.6 Å². The first-order chi connectivity index (χ1) is 11.9. The molecule has 0 saturated heterocycles. The van der Waals surface area contributed by atoms with E-state index in [0.717, 1.165) is 52.1 Å². The molecule has 1 N–H and O–H groups in total. The molecule has 0 unspecified atom stereocenters. The summed E-state index contributed by atoms with van der Waals surface area (Å²) in [6, 6.07) is 8.03. The predicted molar refractivity (Wildman–Crippen MR) is 99.1 cm³/mol. The molecule has 5 heteroatoms. The van der Waals surface area contributed by atoms with Gasteiger partial charge < -0.3 is 5.32 Å². The van der Waals surface area contributed by atoms with E-state index in [9.17, 15) is 4.79 Å². The molecule has 4 rings (SSSR count). The van der Waals surface area contributed by atoms with Gasteiger partial charge in [-0.15, -0.1) is 0 Å². The molecule has 1 amide bonds. The van der Waals surface area contributed by atoms with Crippen molar-refractivity contribution in [3.8, 4) is 0 Å². The molecule has 0 radical (unpaired) electrons. The number of nitrogens with zero attached hydrogens (tertiary/aromatic N) is 3. The Bertz CT molecular complexity index is 999. The van der Waals surface area contributed by atoms with Crippen molar-refractivity contribution in [3.63, 3.8) is 0 Å². The number of fused-ring (bicyclic) bond motifs is 1. The van der Waals surface area contributed by atoms with Gasteiger partial charge in [0.25, 0.3) is 5.91 Å². The lowest BCUT2D eigenvalue weighted by Crippen LogP contribution is -2.14. The lowest BCUT2D eigenvalue weighted by molar-refractivity contribution is 0.102. The van der Waals surface area contributed by atoms with Gasteiger partial charge in [0, 0.05) is 24.3 Å². The Kier molecular flexibility index (Phi) is 3.60. The maximum atomic E-state index is 13.1. The van der Waals surface area contributed by atoms with Crippen LogP contribution in [0.25, 0.3) is 11.0 Å². The van der Waals surface area contributed by atoms with Crippen LogP contribution in [0.2, 0.25) is 0 Å². The van der Waals surface area contributed by atoms with Crippen molar-refractivity contribution in [3.05, 3.63) is 52.3 Å². The number of nitrogens with one attached hydrogen (secondary N) is 1. The highest BCUT2D eigenvalue weighted by Crippen LogP contribution is 2.40. The minimum absolute atomic E-state index is 0.0981. The Labute approximate surface area is 147 Å². The molecule has 1 aliphatic rings. The van der Waals surface area contributed by atoms with Crippen LogP contribution in [0.1, 0.15) is 51.6 Å². The number of carbonyl (C=O) groups excluding carboxylic acids is 1.